The van der Waals surface area contributed by atoms with Crippen molar-refractivity contribution < 1.29 is 14.7 Å². The molecule has 6 nitrogen and oxygen atoms in total. The quantitative estimate of drug-likeness (QED) is 0.862. The van der Waals surface area contributed by atoms with Crippen LogP contribution >= 0.6 is 22.9 Å². The van der Waals surface area contributed by atoms with Gasteiger partial charge in [0.05, 0.1) is 10.2 Å². The second-order valence-electron chi connectivity index (χ2n) is 5.55. The van der Waals surface area contributed by atoms with Crippen molar-refractivity contribution in [1.82, 2.24) is 9.47 Å². The first kappa shape index (κ1) is 16.0. The molecule has 2 heterocycles. The summed E-state index contributed by atoms with van der Waals surface area (Å²) in [4.78, 5) is 27.8. The number of nitrogens with zero attached hydrogens (tertiary/aromatic N) is 3. The summed E-state index contributed by atoms with van der Waals surface area (Å²) in [5.41, 5.74) is 1.00. The van der Waals surface area contributed by atoms with Crippen LogP contribution in [0.5, 0.6) is 0 Å². The minimum absolute atomic E-state index is 0.365. The summed E-state index contributed by atoms with van der Waals surface area (Å²) in [5.74, 6) is 0.365. The summed E-state index contributed by atoms with van der Waals surface area (Å²) in [7, 11) is 0. The minimum atomic E-state index is -0.858. The third-order valence-corrected chi connectivity index (χ3v) is 5.42. The molecule has 23 heavy (non-hydrogen) atoms. The van der Waals surface area contributed by atoms with Gasteiger partial charge < -0.3 is 14.6 Å². The SMILES string of the molecule is O=C/N=c1/sc2cc(Cl)ccc2n1CC1CCN(C(=O)O)CC1. The van der Waals surface area contributed by atoms with E-state index >= 15 is 0 Å². The van der Waals surface area contributed by atoms with Crippen molar-refractivity contribution in [1.29, 1.82) is 0 Å². The average molecular weight is 354 g/mol. The van der Waals surface area contributed by atoms with Gasteiger partial charge in [-0.25, -0.2) is 4.79 Å². The van der Waals surface area contributed by atoms with E-state index in [1.165, 1.54) is 16.2 Å². The monoisotopic (exact) mass is 353 g/mol. The Morgan fingerprint density at radius 3 is 2.83 bits per heavy atom. The molecule has 1 saturated heterocycles. The topological polar surface area (TPSA) is 74.9 Å². The van der Waals surface area contributed by atoms with Crippen molar-refractivity contribution in [2.45, 2.75) is 19.4 Å². The molecule has 1 N–H and O–H groups in total. The van der Waals surface area contributed by atoms with Crippen molar-refractivity contribution in [2.75, 3.05) is 13.1 Å². The fourth-order valence-electron chi connectivity index (χ4n) is 2.93. The van der Waals surface area contributed by atoms with Crippen LogP contribution in [0.25, 0.3) is 10.2 Å². The number of fused-ring (bicyclic) bond motifs is 1. The molecule has 1 aromatic heterocycles. The van der Waals surface area contributed by atoms with Crippen LogP contribution < -0.4 is 4.80 Å². The second kappa shape index (κ2) is 6.72. The van der Waals surface area contributed by atoms with Gasteiger partial charge in [0.2, 0.25) is 6.41 Å². The summed E-state index contributed by atoms with van der Waals surface area (Å²) >= 11 is 7.46. The van der Waals surface area contributed by atoms with Gasteiger partial charge in [-0.1, -0.05) is 22.9 Å². The van der Waals surface area contributed by atoms with Gasteiger partial charge in [0.1, 0.15) is 0 Å². The van der Waals surface area contributed by atoms with Crippen LogP contribution in [0.1, 0.15) is 12.8 Å². The number of piperidine rings is 1. The van der Waals surface area contributed by atoms with Gasteiger partial charge >= 0.3 is 6.09 Å². The van der Waals surface area contributed by atoms with Crippen LogP contribution in [-0.2, 0) is 11.3 Å². The lowest BCUT2D eigenvalue weighted by Gasteiger charge is -2.30. The molecule has 8 heteroatoms. The highest BCUT2D eigenvalue weighted by Gasteiger charge is 2.23. The predicted octanol–water partition coefficient (Wildman–Crippen LogP) is 2.80. The molecule has 0 saturated carbocycles. The molecular weight excluding hydrogens is 338 g/mol. The van der Waals surface area contributed by atoms with Gasteiger partial charge in [0, 0.05) is 24.7 Å². The standard InChI is InChI=1S/C15H16ClN3O3S/c16-11-1-2-12-13(7-11)23-14(17-9-20)19(12)8-10-3-5-18(6-4-10)15(21)22/h1-2,7,9-10H,3-6,8H2,(H,21,22)/b17-14+. The Kier molecular flexibility index (Phi) is 4.68. The highest BCUT2D eigenvalue weighted by Crippen LogP contribution is 2.25. The maximum absolute atomic E-state index is 11.0. The van der Waals surface area contributed by atoms with E-state index in [0.717, 1.165) is 29.6 Å². The number of aromatic nitrogens is 1. The Bertz CT molecular complexity index is 806. The van der Waals surface area contributed by atoms with E-state index in [4.69, 9.17) is 16.7 Å². The van der Waals surface area contributed by atoms with Crippen LogP contribution in [-0.4, -0.2) is 40.2 Å². The molecule has 2 amide bonds. The summed E-state index contributed by atoms with van der Waals surface area (Å²) in [6, 6.07) is 5.63. The lowest BCUT2D eigenvalue weighted by Crippen LogP contribution is -2.39. The molecule has 2 aromatic rings. The number of carbonyl (C=O) groups is 2. The minimum Gasteiger partial charge on any atom is -0.465 e. The van der Waals surface area contributed by atoms with E-state index in [0.29, 0.717) is 35.2 Å². The fourth-order valence-corrected chi connectivity index (χ4v) is 4.21. The van der Waals surface area contributed by atoms with Crippen molar-refractivity contribution in [3.8, 4) is 0 Å². The number of benzene rings is 1. The summed E-state index contributed by atoms with van der Waals surface area (Å²) in [6.07, 6.45) is 1.31. The predicted molar refractivity (Wildman–Crippen MR) is 88.8 cm³/mol. The third-order valence-electron chi connectivity index (χ3n) is 4.13. The van der Waals surface area contributed by atoms with Crippen LogP contribution in [0.15, 0.2) is 23.2 Å². The number of carboxylic acid groups (broad SMARTS) is 1. The molecule has 122 valence electrons. The molecule has 1 fully saturated rings. The van der Waals surface area contributed by atoms with Crippen molar-refractivity contribution in [2.24, 2.45) is 10.9 Å². The summed E-state index contributed by atoms with van der Waals surface area (Å²) < 4.78 is 3.02. The van der Waals surface area contributed by atoms with E-state index in [-0.39, 0.29) is 0 Å². The highest BCUT2D eigenvalue weighted by atomic mass is 35.5. The molecule has 0 unspecified atom stereocenters. The molecule has 0 bridgehead atoms. The van der Waals surface area contributed by atoms with E-state index < -0.39 is 6.09 Å². The van der Waals surface area contributed by atoms with Crippen molar-refractivity contribution in [3.05, 3.63) is 28.0 Å². The molecule has 1 aliphatic heterocycles. The fraction of sp³-hybridized carbons (Fsp3) is 0.400. The Morgan fingerprint density at radius 1 is 1.43 bits per heavy atom. The van der Waals surface area contributed by atoms with Crippen LogP contribution in [0.4, 0.5) is 4.79 Å². The van der Waals surface area contributed by atoms with Gasteiger partial charge in [0.15, 0.2) is 4.80 Å². The largest absolute Gasteiger partial charge is 0.465 e. The van der Waals surface area contributed by atoms with E-state index in [1.54, 1.807) is 0 Å². The molecule has 0 aliphatic carbocycles. The van der Waals surface area contributed by atoms with Crippen molar-refractivity contribution in [3.63, 3.8) is 0 Å². The van der Waals surface area contributed by atoms with Crippen LogP contribution in [0.3, 0.4) is 0 Å². The number of thiazole rings is 1. The molecule has 0 spiro atoms. The zero-order chi connectivity index (χ0) is 16.4. The zero-order valence-electron chi connectivity index (χ0n) is 12.3. The van der Waals surface area contributed by atoms with E-state index in [2.05, 4.69) is 4.99 Å². The number of hydrogen-bond donors (Lipinski definition) is 1. The Hall–Kier alpha value is -1.86. The van der Waals surface area contributed by atoms with Crippen molar-refractivity contribution >= 4 is 45.7 Å². The first-order valence-electron chi connectivity index (χ1n) is 7.32. The summed E-state index contributed by atoms with van der Waals surface area (Å²) in [6.45, 7) is 1.82. The highest BCUT2D eigenvalue weighted by molar-refractivity contribution is 7.16. The van der Waals surface area contributed by atoms with E-state index in [1.807, 2.05) is 22.8 Å². The van der Waals surface area contributed by atoms with Gasteiger partial charge in [-0.15, -0.1) is 0 Å². The molecular formula is C15H16ClN3O3S. The van der Waals surface area contributed by atoms with Gasteiger partial charge in [0.25, 0.3) is 0 Å². The smallest absolute Gasteiger partial charge is 0.407 e. The maximum Gasteiger partial charge on any atom is 0.407 e. The lowest BCUT2D eigenvalue weighted by molar-refractivity contribution is -0.107. The number of hydrogen-bond acceptors (Lipinski definition) is 3. The van der Waals surface area contributed by atoms with E-state index in [9.17, 15) is 9.59 Å². The molecule has 3 rings (SSSR count). The van der Waals surface area contributed by atoms with Crippen LogP contribution in [0, 0.1) is 5.92 Å². The second-order valence-corrected chi connectivity index (χ2v) is 7.00. The van der Waals surface area contributed by atoms with Gasteiger partial charge in [-0.3, -0.25) is 4.79 Å². The number of likely N-dealkylation sites (tertiary alicyclic amines) is 1. The Balaban J connectivity index is 1.88. The molecule has 0 radical (unpaired) electrons. The number of amides is 2. The number of rotatable bonds is 3. The summed E-state index contributed by atoms with van der Waals surface area (Å²) in [5, 5.41) is 9.67. The maximum atomic E-state index is 11.0. The molecule has 1 aromatic carbocycles. The first-order chi connectivity index (χ1) is 11.1. The average Bonchev–Trinajstić information content (AvgIpc) is 2.85. The molecule has 0 atom stereocenters. The first-order valence-corrected chi connectivity index (χ1v) is 8.52. The van der Waals surface area contributed by atoms with Gasteiger partial charge in [-0.05, 0) is 37.0 Å². The normalized spacial score (nSPS) is 16.9. The third kappa shape index (κ3) is 3.40. The number of carbonyl (C=O) groups excluding carboxylic acids is 1. The molecule has 1 aliphatic rings. The lowest BCUT2D eigenvalue weighted by atomic mass is 9.97. The Morgan fingerprint density at radius 2 is 2.17 bits per heavy atom. The zero-order valence-corrected chi connectivity index (χ0v) is 13.9. The Labute approximate surface area is 141 Å². The van der Waals surface area contributed by atoms with Gasteiger partial charge in [-0.2, -0.15) is 4.99 Å². The number of halogens is 1. The van der Waals surface area contributed by atoms with Crippen LogP contribution in [0.2, 0.25) is 5.02 Å².